The number of amides is 2. The van der Waals surface area contributed by atoms with Crippen molar-refractivity contribution in [2.75, 3.05) is 38.2 Å². The molecule has 0 saturated carbocycles. The first-order chi connectivity index (χ1) is 16.9. The first-order valence-corrected chi connectivity index (χ1v) is 13.1. The van der Waals surface area contributed by atoms with Crippen LogP contribution in [-0.2, 0) is 14.3 Å². The number of nitrogens with one attached hydrogen (secondary N) is 4. The van der Waals surface area contributed by atoms with Gasteiger partial charge < -0.3 is 26.0 Å². The molecule has 3 atom stereocenters. The molecule has 2 unspecified atom stereocenters. The number of rotatable bonds is 11. The van der Waals surface area contributed by atoms with Crippen molar-refractivity contribution < 1.29 is 19.1 Å². The Balaban J connectivity index is 1.59. The normalized spacial score (nSPS) is 22.0. The van der Waals surface area contributed by atoms with E-state index in [2.05, 4.69) is 21.3 Å². The van der Waals surface area contributed by atoms with E-state index in [1.54, 1.807) is 12.1 Å². The van der Waals surface area contributed by atoms with Gasteiger partial charge in [0.15, 0.2) is 5.78 Å². The van der Waals surface area contributed by atoms with Gasteiger partial charge in [-0.1, -0.05) is 27.2 Å². The molecular weight excluding hydrogens is 444 g/mol. The van der Waals surface area contributed by atoms with E-state index < -0.39 is 12.1 Å². The maximum Gasteiger partial charge on any atom is 0.251 e. The van der Waals surface area contributed by atoms with Gasteiger partial charge >= 0.3 is 0 Å². The molecule has 1 aromatic carbocycles. The van der Waals surface area contributed by atoms with E-state index in [1.807, 2.05) is 32.9 Å². The van der Waals surface area contributed by atoms with Crippen molar-refractivity contribution in [3.8, 4) is 0 Å². The summed E-state index contributed by atoms with van der Waals surface area (Å²) in [5, 5.41) is 12.7. The molecular formula is C27H42N4O4. The van der Waals surface area contributed by atoms with Crippen LogP contribution in [0.25, 0.3) is 0 Å². The first kappa shape index (κ1) is 27.1. The maximum absolute atomic E-state index is 13.2. The molecule has 2 saturated heterocycles. The number of carbonyl (C=O) groups excluding carboxylic acids is 3. The lowest BCUT2D eigenvalue weighted by atomic mass is 9.90. The summed E-state index contributed by atoms with van der Waals surface area (Å²) in [4.78, 5) is 38.6. The van der Waals surface area contributed by atoms with Crippen LogP contribution >= 0.6 is 0 Å². The van der Waals surface area contributed by atoms with Crippen LogP contribution in [0.4, 0.5) is 5.69 Å². The number of benzene rings is 1. The van der Waals surface area contributed by atoms with Gasteiger partial charge in [0.2, 0.25) is 5.91 Å². The van der Waals surface area contributed by atoms with Crippen LogP contribution in [0.15, 0.2) is 24.3 Å². The predicted octanol–water partition coefficient (Wildman–Crippen LogP) is 2.74. The summed E-state index contributed by atoms with van der Waals surface area (Å²) < 4.78 is 5.39. The minimum absolute atomic E-state index is 0.0182. The molecule has 0 aliphatic carbocycles. The number of anilines is 1. The van der Waals surface area contributed by atoms with Gasteiger partial charge in [-0.3, -0.25) is 14.4 Å². The minimum Gasteiger partial charge on any atom is -0.385 e. The zero-order valence-corrected chi connectivity index (χ0v) is 21.4. The zero-order chi connectivity index (χ0) is 25.2. The van der Waals surface area contributed by atoms with Crippen molar-refractivity contribution in [2.45, 2.75) is 65.0 Å². The van der Waals surface area contributed by atoms with E-state index in [-0.39, 0.29) is 36.0 Å². The molecule has 4 N–H and O–H groups in total. The summed E-state index contributed by atoms with van der Waals surface area (Å²) in [6, 6.07) is 6.10. The van der Waals surface area contributed by atoms with Crippen molar-refractivity contribution >= 4 is 23.3 Å². The molecule has 35 heavy (non-hydrogen) atoms. The Bertz CT molecular complexity index is 834. The molecule has 2 aliphatic rings. The monoisotopic (exact) mass is 486 g/mol. The highest BCUT2D eigenvalue weighted by Crippen LogP contribution is 2.19. The van der Waals surface area contributed by atoms with Gasteiger partial charge in [-0.15, -0.1) is 0 Å². The van der Waals surface area contributed by atoms with E-state index in [0.29, 0.717) is 24.5 Å². The summed E-state index contributed by atoms with van der Waals surface area (Å²) >= 11 is 0. The van der Waals surface area contributed by atoms with Crippen molar-refractivity contribution in [1.29, 1.82) is 0 Å². The number of hydrogen-bond acceptors (Lipinski definition) is 6. The Morgan fingerprint density at radius 3 is 2.51 bits per heavy atom. The highest BCUT2D eigenvalue weighted by molar-refractivity contribution is 5.99. The third-order valence-corrected chi connectivity index (χ3v) is 6.88. The third kappa shape index (κ3) is 8.32. The molecule has 194 valence electrons. The van der Waals surface area contributed by atoms with Crippen molar-refractivity contribution in [1.82, 2.24) is 16.0 Å². The third-order valence-electron chi connectivity index (χ3n) is 6.88. The molecule has 0 aromatic heterocycles. The van der Waals surface area contributed by atoms with E-state index >= 15 is 0 Å². The van der Waals surface area contributed by atoms with Gasteiger partial charge in [-0.2, -0.15) is 0 Å². The lowest BCUT2D eigenvalue weighted by Crippen LogP contribution is -2.57. The van der Waals surface area contributed by atoms with Crippen molar-refractivity contribution in [2.24, 2.45) is 17.8 Å². The molecule has 0 bridgehead atoms. The minimum atomic E-state index is -0.710. The van der Waals surface area contributed by atoms with Crippen LogP contribution in [0.5, 0.6) is 0 Å². The molecule has 0 radical (unpaired) electrons. The largest absolute Gasteiger partial charge is 0.385 e. The van der Waals surface area contributed by atoms with Gasteiger partial charge in [0.1, 0.15) is 12.6 Å². The molecule has 8 heteroatoms. The van der Waals surface area contributed by atoms with E-state index in [9.17, 15) is 14.4 Å². The van der Waals surface area contributed by atoms with E-state index in [4.69, 9.17) is 4.74 Å². The summed E-state index contributed by atoms with van der Waals surface area (Å²) in [5.41, 5.74) is 1.49. The van der Waals surface area contributed by atoms with Crippen LogP contribution in [0.2, 0.25) is 0 Å². The number of piperidine rings is 1. The fourth-order valence-corrected chi connectivity index (χ4v) is 4.86. The SMILES string of the molecule is CCCC1COCC(=O)[C@H]1NC(=O)C(CC(C)C)NC(=O)c1ccc(NCC2CCNCC2)cc1. The van der Waals surface area contributed by atoms with Gasteiger partial charge in [0, 0.05) is 23.7 Å². The number of ether oxygens (including phenoxy) is 1. The first-order valence-electron chi connectivity index (χ1n) is 13.1. The molecule has 2 heterocycles. The Kier molecular flexibility index (Phi) is 10.5. The second-order valence-corrected chi connectivity index (χ2v) is 10.3. The van der Waals surface area contributed by atoms with Crippen LogP contribution in [0.3, 0.4) is 0 Å². The van der Waals surface area contributed by atoms with Crippen LogP contribution in [0.1, 0.15) is 63.2 Å². The van der Waals surface area contributed by atoms with Gasteiger partial charge in [0.05, 0.1) is 12.6 Å². The number of ketones is 1. The molecule has 2 aliphatic heterocycles. The second-order valence-electron chi connectivity index (χ2n) is 10.3. The highest BCUT2D eigenvalue weighted by atomic mass is 16.5. The molecule has 1 aromatic rings. The molecule has 2 fully saturated rings. The standard InChI is InChI=1S/C27H42N4O4/c1-4-5-21-16-35-17-24(32)25(21)31-27(34)23(14-18(2)3)30-26(33)20-6-8-22(9-7-20)29-15-19-10-12-28-13-11-19/h6-9,18-19,21,23,25,28-29H,4-5,10-17H2,1-3H3,(H,30,33)(H,31,34)/t21?,23?,25-/m0/s1. The van der Waals surface area contributed by atoms with Crippen LogP contribution in [-0.4, -0.2) is 62.5 Å². The fourth-order valence-electron chi connectivity index (χ4n) is 4.86. The van der Waals surface area contributed by atoms with Gasteiger partial charge in [0.25, 0.3) is 5.91 Å². The summed E-state index contributed by atoms with van der Waals surface area (Å²) in [5.74, 6) is 0.113. The van der Waals surface area contributed by atoms with E-state index in [1.165, 1.54) is 12.8 Å². The average Bonchev–Trinajstić information content (AvgIpc) is 2.85. The quantitative estimate of drug-likeness (QED) is 0.383. The lowest BCUT2D eigenvalue weighted by molar-refractivity contribution is -0.138. The number of hydrogen-bond donors (Lipinski definition) is 4. The van der Waals surface area contributed by atoms with E-state index in [0.717, 1.165) is 38.2 Å². The maximum atomic E-state index is 13.2. The fraction of sp³-hybridized carbons (Fsp3) is 0.667. The second kappa shape index (κ2) is 13.6. The zero-order valence-electron chi connectivity index (χ0n) is 21.4. The predicted molar refractivity (Wildman–Crippen MR) is 137 cm³/mol. The Morgan fingerprint density at radius 2 is 1.86 bits per heavy atom. The van der Waals surface area contributed by atoms with Crippen LogP contribution < -0.4 is 21.3 Å². The van der Waals surface area contributed by atoms with Gasteiger partial charge in [-0.25, -0.2) is 0 Å². The van der Waals surface area contributed by atoms with Gasteiger partial charge in [-0.05, 0) is 74.9 Å². The summed E-state index contributed by atoms with van der Waals surface area (Å²) in [6.07, 6.45) is 4.54. The Morgan fingerprint density at radius 1 is 1.14 bits per heavy atom. The topological polar surface area (TPSA) is 109 Å². The Labute approximate surface area is 209 Å². The Hall–Kier alpha value is -2.45. The number of Topliss-reactive ketones (excluding diaryl/α,β-unsaturated/α-hetero) is 1. The average molecular weight is 487 g/mol. The highest BCUT2D eigenvalue weighted by Gasteiger charge is 2.35. The summed E-state index contributed by atoms with van der Waals surface area (Å²) in [7, 11) is 0. The van der Waals surface area contributed by atoms with Crippen LogP contribution in [0, 0.1) is 17.8 Å². The number of carbonyl (C=O) groups is 3. The lowest BCUT2D eigenvalue weighted by Gasteiger charge is -2.32. The van der Waals surface area contributed by atoms with Crippen molar-refractivity contribution in [3.05, 3.63) is 29.8 Å². The molecule has 0 spiro atoms. The molecule has 3 rings (SSSR count). The molecule has 2 amide bonds. The molecule has 8 nitrogen and oxygen atoms in total. The van der Waals surface area contributed by atoms with Crippen molar-refractivity contribution in [3.63, 3.8) is 0 Å². The summed E-state index contributed by atoms with van der Waals surface area (Å²) in [6.45, 7) is 9.61. The smallest absolute Gasteiger partial charge is 0.251 e.